The third kappa shape index (κ3) is 3.29. The van der Waals surface area contributed by atoms with Crippen molar-refractivity contribution in [3.05, 3.63) is 11.3 Å². The van der Waals surface area contributed by atoms with E-state index in [0.717, 1.165) is 12.1 Å². The molecule has 0 atom stereocenters. The maximum absolute atomic E-state index is 5.95. The molecule has 0 unspecified atom stereocenters. The molecule has 12 heavy (non-hydrogen) atoms. The minimum atomic E-state index is 1.13. The molecule has 1 nitrogen and oxygen atoms in total. The molecule has 0 amide bonds. The standard InChI is InChI=1S/C11H21N/c1-10-8-6-4-2-3-5-7-9-11(10)12/h2-9,12H2,1H3/b11-10+. The first-order chi connectivity index (χ1) is 5.80. The van der Waals surface area contributed by atoms with Gasteiger partial charge in [-0.2, -0.15) is 0 Å². The molecule has 0 radical (unpaired) electrons. The summed E-state index contributed by atoms with van der Waals surface area (Å²) in [6, 6.07) is 0. The van der Waals surface area contributed by atoms with Gasteiger partial charge in [0, 0.05) is 5.70 Å². The second-order valence-corrected chi connectivity index (χ2v) is 3.93. The summed E-state index contributed by atoms with van der Waals surface area (Å²) in [5, 5.41) is 0. The first kappa shape index (κ1) is 9.63. The van der Waals surface area contributed by atoms with Crippen LogP contribution < -0.4 is 5.73 Å². The van der Waals surface area contributed by atoms with Crippen molar-refractivity contribution >= 4 is 0 Å². The molecule has 0 aliphatic heterocycles. The van der Waals surface area contributed by atoms with E-state index in [2.05, 4.69) is 6.92 Å². The average molecular weight is 167 g/mol. The quantitative estimate of drug-likeness (QED) is 0.588. The highest BCUT2D eigenvalue weighted by Crippen LogP contribution is 2.18. The van der Waals surface area contributed by atoms with Gasteiger partial charge >= 0.3 is 0 Å². The highest BCUT2D eigenvalue weighted by molar-refractivity contribution is 5.08. The molecule has 1 aliphatic rings. The Kier molecular flexibility index (Phi) is 4.20. The van der Waals surface area contributed by atoms with Gasteiger partial charge in [0.25, 0.3) is 0 Å². The molecule has 1 rings (SSSR count). The number of nitrogens with two attached hydrogens (primary N) is 1. The van der Waals surface area contributed by atoms with Gasteiger partial charge < -0.3 is 5.73 Å². The lowest BCUT2D eigenvalue weighted by atomic mass is 9.99. The lowest BCUT2D eigenvalue weighted by Gasteiger charge is -2.10. The highest BCUT2D eigenvalue weighted by Gasteiger charge is 2.01. The molecule has 0 saturated carbocycles. The SMILES string of the molecule is C/C1=C(\N)CCCCCCCC1. The zero-order chi connectivity index (χ0) is 8.81. The molecule has 0 aromatic rings. The first-order valence-corrected chi connectivity index (χ1v) is 5.25. The summed E-state index contributed by atoms with van der Waals surface area (Å²) >= 11 is 0. The summed E-state index contributed by atoms with van der Waals surface area (Å²) in [5.41, 5.74) is 8.55. The maximum atomic E-state index is 5.95. The van der Waals surface area contributed by atoms with Crippen molar-refractivity contribution < 1.29 is 0 Å². The number of allylic oxidation sites excluding steroid dienone is 2. The normalized spacial score (nSPS) is 28.4. The molecule has 1 aliphatic carbocycles. The summed E-state index contributed by atoms with van der Waals surface area (Å²) in [7, 11) is 0. The van der Waals surface area contributed by atoms with E-state index in [-0.39, 0.29) is 0 Å². The van der Waals surface area contributed by atoms with Gasteiger partial charge in [-0.1, -0.05) is 31.3 Å². The van der Waals surface area contributed by atoms with Crippen LogP contribution in [-0.4, -0.2) is 0 Å². The van der Waals surface area contributed by atoms with E-state index in [4.69, 9.17) is 5.73 Å². The van der Waals surface area contributed by atoms with Crippen LogP contribution in [0.3, 0.4) is 0 Å². The third-order valence-electron chi connectivity index (χ3n) is 2.80. The summed E-state index contributed by atoms with van der Waals surface area (Å²) in [5.74, 6) is 0. The molecule has 2 N–H and O–H groups in total. The van der Waals surface area contributed by atoms with Gasteiger partial charge in [0.15, 0.2) is 0 Å². The maximum Gasteiger partial charge on any atom is 0.00695 e. The Morgan fingerprint density at radius 3 is 2.00 bits per heavy atom. The Morgan fingerprint density at radius 2 is 1.33 bits per heavy atom. The van der Waals surface area contributed by atoms with Crippen LogP contribution in [0.5, 0.6) is 0 Å². The molecule has 0 bridgehead atoms. The van der Waals surface area contributed by atoms with E-state index < -0.39 is 0 Å². The van der Waals surface area contributed by atoms with Crippen molar-refractivity contribution in [1.29, 1.82) is 0 Å². The molecule has 0 spiro atoms. The van der Waals surface area contributed by atoms with Gasteiger partial charge in [-0.05, 0) is 32.6 Å². The van der Waals surface area contributed by atoms with Gasteiger partial charge in [-0.15, -0.1) is 0 Å². The van der Waals surface area contributed by atoms with Crippen LogP contribution in [-0.2, 0) is 0 Å². The van der Waals surface area contributed by atoms with Crippen LogP contribution in [0.4, 0.5) is 0 Å². The summed E-state index contributed by atoms with van der Waals surface area (Å²) in [4.78, 5) is 0. The predicted octanol–water partition coefficient (Wildman–Crippen LogP) is 3.35. The average Bonchev–Trinajstić information content (AvgIpc) is 2.08. The van der Waals surface area contributed by atoms with E-state index in [1.54, 1.807) is 0 Å². The molecular weight excluding hydrogens is 146 g/mol. The first-order valence-electron chi connectivity index (χ1n) is 5.25. The van der Waals surface area contributed by atoms with Crippen molar-refractivity contribution in [2.24, 2.45) is 5.73 Å². The van der Waals surface area contributed by atoms with Crippen molar-refractivity contribution in [2.75, 3.05) is 0 Å². The Labute approximate surface area is 76.0 Å². The Balaban J connectivity index is 2.43. The highest BCUT2D eigenvalue weighted by atomic mass is 14.6. The van der Waals surface area contributed by atoms with Crippen LogP contribution in [0.2, 0.25) is 0 Å². The number of hydrogen-bond donors (Lipinski definition) is 1. The van der Waals surface area contributed by atoms with Gasteiger partial charge in [0.05, 0.1) is 0 Å². The molecule has 1 heteroatoms. The van der Waals surface area contributed by atoms with Crippen LogP contribution in [0.25, 0.3) is 0 Å². The Bertz CT molecular complexity index is 140. The third-order valence-corrected chi connectivity index (χ3v) is 2.80. The van der Waals surface area contributed by atoms with Crippen LogP contribution >= 0.6 is 0 Å². The monoisotopic (exact) mass is 167 g/mol. The lowest BCUT2D eigenvalue weighted by molar-refractivity contribution is 0.576. The van der Waals surface area contributed by atoms with Crippen LogP contribution in [0.1, 0.15) is 58.3 Å². The Morgan fingerprint density at radius 1 is 0.833 bits per heavy atom. The summed E-state index contributed by atoms with van der Waals surface area (Å²) < 4.78 is 0. The predicted molar refractivity (Wildman–Crippen MR) is 53.8 cm³/mol. The number of hydrogen-bond acceptors (Lipinski definition) is 1. The van der Waals surface area contributed by atoms with E-state index in [9.17, 15) is 0 Å². The second-order valence-electron chi connectivity index (χ2n) is 3.93. The fourth-order valence-corrected chi connectivity index (χ4v) is 1.79. The molecule has 0 heterocycles. The Hall–Kier alpha value is -0.460. The summed E-state index contributed by atoms with van der Waals surface area (Å²) in [6.07, 6.45) is 10.6. The fourth-order valence-electron chi connectivity index (χ4n) is 1.79. The fraction of sp³-hybridized carbons (Fsp3) is 0.818. The largest absolute Gasteiger partial charge is 0.402 e. The minimum absolute atomic E-state index is 1.13. The van der Waals surface area contributed by atoms with Crippen molar-refractivity contribution in [1.82, 2.24) is 0 Å². The van der Waals surface area contributed by atoms with Gasteiger partial charge in [0.1, 0.15) is 0 Å². The van der Waals surface area contributed by atoms with Gasteiger partial charge in [-0.3, -0.25) is 0 Å². The molecule has 0 aromatic heterocycles. The second kappa shape index (κ2) is 5.23. The topological polar surface area (TPSA) is 26.0 Å². The van der Waals surface area contributed by atoms with E-state index in [1.807, 2.05) is 0 Å². The zero-order valence-corrected chi connectivity index (χ0v) is 8.23. The zero-order valence-electron chi connectivity index (χ0n) is 8.23. The smallest absolute Gasteiger partial charge is 0.00695 e. The van der Waals surface area contributed by atoms with Crippen LogP contribution in [0.15, 0.2) is 11.3 Å². The summed E-state index contributed by atoms with van der Waals surface area (Å²) in [6.45, 7) is 2.19. The molecule has 0 fully saturated rings. The molecule has 70 valence electrons. The van der Waals surface area contributed by atoms with Crippen molar-refractivity contribution in [3.8, 4) is 0 Å². The van der Waals surface area contributed by atoms with Crippen LogP contribution in [0, 0.1) is 0 Å². The lowest BCUT2D eigenvalue weighted by Crippen LogP contribution is -2.02. The van der Waals surface area contributed by atoms with Crippen molar-refractivity contribution in [2.45, 2.75) is 58.3 Å². The molecule has 0 saturated heterocycles. The van der Waals surface area contributed by atoms with E-state index in [1.165, 1.54) is 50.5 Å². The molecular formula is C11H21N. The van der Waals surface area contributed by atoms with E-state index in [0.29, 0.717) is 0 Å². The minimum Gasteiger partial charge on any atom is -0.402 e. The molecule has 0 aromatic carbocycles. The van der Waals surface area contributed by atoms with Gasteiger partial charge in [-0.25, -0.2) is 0 Å². The van der Waals surface area contributed by atoms with E-state index >= 15 is 0 Å². The van der Waals surface area contributed by atoms with Gasteiger partial charge in [0.2, 0.25) is 0 Å². The van der Waals surface area contributed by atoms with Crippen molar-refractivity contribution in [3.63, 3.8) is 0 Å². The number of rotatable bonds is 0.